The Morgan fingerprint density at radius 3 is 2.53 bits per heavy atom. The lowest BCUT2D eigenvalue weighted by atomic mass is 10.1. The quantitative estimate of drug-likeness (QED) is 0.594. The Balaban J connectivity index is 0.00000154. The maximum absolute atomic E-state index is 5.61. The van der Waals surface area contributed by atoms with Crippen LogP contribution >= 0.6 is 28.0 Å². The van der Waals surface area contributed by atoms with Crippen LogP contribution < -0.4 is 5.73 Å². The van der Waals surface area contributed by atoms with Gasteiger partial charge in [-0.2, -0.15) is 0 Å². The van der Waals surface area contributed by atoms with Gasteiger partial charge in [-0.1, -0.05) is 35.8 Å². The first kappa shape index (κ1) is 18.9. The van der Waals surface area contributed by atoms with Crippen LogP contribution in [0.2, 0.25) is 0 Å². The van der Waals surface area contributed by atoms with Crippen molar-refractivity contribution in [2.45, 2.75) is 26.9 Å². The predicted molar refractivity (Wildman–Crippen MR) is 87.4 cm³/mol. The monoisotopic (exact) mass is 349 g/mol. The second-order valence-electron chi connectivity index (χ2n) is 3.68. The normalized spacial score (nSPS) is 11.7. The van der Waals surface area contributed by atoms with Crippen LogP contribution in [-0.4, -0.2) is 26.0 Å². The third-order valence-electron chi connectivity index (χ3n) is 2.18. The van der Waals surface area contributed by atoms with Crippen molar-refractivity contribution < 1.29 is 8.92 Å². The molecular formula is C14H24BrNO2S. The summed E-state index contributed by atoms with van der Waals surface area (Å²) in [6.45, 7) is 7.67. The Morgan fingerprint density at radius 1 is 1.32 bits per heavy atom. The second-order valence-corrected chi connectivity index (χ2v) is 5.12. The molecule has 1 rings (SSSR count). The average molecular weight is 350 g/mol. The maximum Gasteiger partial charge on any atom is 0.120 e. The number of nitrogens with two attached hydrogens (primary N) is 1. The SMILES string of the molecule is CC.CSOC(COCCN)c1cc(C)cc(Br)c1. The van der Waals surface area contributed by atoms with Gasteiger partial charge in [-0.05, 0) is 42.2 Å². The predicted octanol–water partition coefficient (Wildman–Crippen LogP) is 4.09. The molecule has 0 heterocycles. The van der Waals surface area contributed by atoms with Crippen molar-refractivity contribution in [1.82, 2.24) is 0 Å². The van der Waals surface area contributed by atoms with Crippen molar-refractivity contribution in [1.29, 1.82) is 0 Å². The summed E-state index contributed by atoms with van der Waals surface area (Å²) in [6, 6.07) is 6.23. The van der Waals surface area contributed by atoms with Crippen LogP contribution in [0.3, 0.4) is 0 Å². The Morgan fingerprint density at radius 2 is 2.00 bits per heavy atom. The van der Waals surface area contributed by atoms with Crippen molar-refractivity contribution >= 4 is 28.0 Å². The van der Waals surface area contributed by atoms with Crippen molar-refractivity contribution in [3.63, 3.8) is 0 Å². The van der Waals surface area contributed by atoms with Gasteiger partial charge in [0.25, 0.3) is 0 Å². The van der Waals surface area contributed by atoms with Gasteiger partial charge in [0.15, 0.2) is 0 Å². The molecule has 0 fully saturated rings. The zero-order chi connectivity index (χ0) is 14.7. The van der Waals surface area contributed by atoms with Gasteiger partial charge < -0.3 is 14.7 Å². The lowest BCUT2D eigenvalue weighted by Gasteiger charge is -2.17. The fourth-order valence-electron chi connectivity index (χ4n) is 1.52. The Hall–Kier alpha value is -0.0700. The highest BCUT2D eigenvalue weighted by Crippen LogP contribution is 2.26. The zero-order valence-corrected chi connectivity index (χ0v) is 14.5. The smallest absolute Gasteiger partial charge is 0.120 e. The van der Waals surface area contributed by atoms with E-state index in [0.29, 0.717) is 19.8 Å². The molecule has 0 aromatic heterocycles. The zero-order valence-electron chi connectivity index (χ0n) is 12.1. The number of hydrogen-bond donors (Lipinski definition) is 1. The van der Waals surface area contributed by atoms with E-state index in [1.807, 2.05) is 20.1 Å². The molecule has 2 N–H and O–H groups in total. The molecule has 1 unspecified atom stereocenters. The van der Waals surface area contributed by atoms with Crippen LogP contribution in [0.4, 0.5) is 0 Å². The molecular weight excluding hydrogens is 326 g/mol. The third-order valence-corrected chi connectivity index (χ3v) is 3.06. The van der Waals surface area contributed by atoms with Gasteiger partial charge in [0.2, 0.25) is 0 Å². The van der Waals surface area contributed by atoms with Gasteiger partial charge in [-0.15, -0.1) is 0 Å². The first-order valence-electron chi connectivity index (χ1n) is 6.41. The third kappa shape index (κ3) is 7.95. The van der Waals surface area contributed by atoms with Crippen LogP contribution in [0.15, 0.2) is 22.7 Å². The van der Waals surface area contributed by atoms with E-state index in [0.717, 1.165) is 10.0 Å². The van der Waals surface area contributed by atoms with Crippen molar-refractivity contribution in [3.05, 3.63) is 33.8 Å². The summed E-state index contributed by atoms with van der Waals surface area (Å²) in [5.74, 6) is 0. The number of rotatable bonds is 7. The number of halogens is 1. The van der Waals surface area contributed by atoms with E-state index in [1.54, 1.807) is 0 Å². The lowest BCUT2D eigenvalue weighted by molar-refractivity contribution is 0.0643. The van der Waals surface area contributed by atoms with Crippen molar-refractivity contribution in [3.8, 4) is 0 Å². The molecule has 1 aromatic rings. The second kappa shape index (κ2) is 11.7. The van der Waals surface area contributed by atoms with E-state index in [9.17, 15) is 0 Å². The molecule has 0 aliphatic heterocycles. The fraction of sp³-hybridized carbons (Fsp3) is 0.571. The minimum atomic E-state index is -0.0623. The van der Waals surface area contributed by atoms with E-state index < -0.39 is 0 Å². The standard InChI is InChI=1S/C12H18BrNO2S.C2H6/c1-9-5-10(7-11(13)6-9)12(16-17-2)8-15-4-3-14;1-2/h5-7,12H,3-4,8,14H2,1-2H3;1-2H3. The van der Waals surface area contributed by atoms with Gasteiger partial charge in [0.1, 0.15) is 6.10 Å². The first-order valence-corrected chi connectivity index (χ1v) is 8.36. The minimum Gasteiger partial charge on any atom is -0.377 e. The molecule has 0 radical (unpaired) electrons. The molecule has 1 aromatic carbocycles. The van der Waals surface area contributed by atoms with E-state index >= 15 is 0 Å². The van der Waals surface area contributed by atoms with Crippen molar-refractivity contribution in [2.75, 3.05) is 26.0 Å². The summed E-state index contributed by atoms with van der Waals surface area (Å²) in [5.41, 5.74) is 7.71. The molecule has 0 aliphatic rings. The lowest BCUT2D eigenvalue weighted by Crippen LogP contribution is -2.14. The van der Waals surface area contributed by atoms with E-state index in [-0.39, 0.29) is 6.10 Å². The summed E-state index contributed by atoms with van der Waals surface area (Å²) in [6.07, 6.45) is 1.84. The van der Waals surface area contributed by atoms with E-state index in [2.05, 4.69) is 41.1 Å². The summed E-state index contributed by atoms with van der Waals surface area (Å²) >= 11 is 4.84. The van der Waals surface area contributed by atoms with E-state index in [1.165, 1.54) is 17.6 Å². The number of aryl methyl sites for hydroxylation is 1. The molecule has 19 heavy (non-hydrogen) atoms. The highest BCUT2D eigenvalue weighted by atomic mass is 79.9. The minimum absolute atomic E-state index is 0.0623. The molecule has 0 aliphatic carbocycles. The van der Waals surface area contributed by atoms with E-state index in [4.69, 9.17) is 14.7 Å². The summed E-state index contributed by atoms with van der Waals surface area (Å²) in [7, 11) is 0. The van der Waals surface area contributed by atoms with Gasteiger partial charge in [0, 0.05) is 17.3 Å². The molecule has 0 bridgehead atoms. The number of hydrogen-bond acceptors (Lipinski definition) is 4. The van der Waals surface area contributed by atoms with Gasteiger partial charge >= 0.3 is 0 Å². The molecule has 3 nitrogen and oxygen atoms in total. The summed E-state index contributed by atoms with van der Waals surface area (Å²) in [5, 5.41) is 0. The number of ether oxygens (including phenoxy) is 1. The van der Waals surface area contributed by atoms with Gasteiger partial charge in [0.05, 0.1) is 13.2 Å². The highest BCUT2D eigenvalue weighted by molar-refractivity contribution is 9.10. The van der Waals surface area contributed by atoms with Crippen LogP contribution in [0, 0.1) is 6.92 Å². The molecule has 0 amide bonds. The average Bonchev–Trinajstić information content (AvgIpc) is 2.39. The molecule has 1 atom stereocenters. The largest absolute Gasteiger partial charge is 0.377 e. The topological polar surface area (TPSA) is 44.5 Å². The molecule has 5 heteroatoms. The van der Waals surface area contributed by atoms with Crippen LogP contribution in [0.5, 0.6) is 0 Å². The number of benzene rings is 1. The first-order chi connectivity index (χ1) is 9.17. The Labute approximate surface area is 129 Å². The van der Waals surface area contributed by atoms with Crippen LogP contribution in [0.1, 0.15) is 31.1 Å². The summed E-state index contributed by atoms with van der Waals surface area (Å²) in [4.78, 5) is 0. The van der Waals surface area contributed by atoms with Gasteiger partial charge in [-0.3, -0.25) is 0 Å². The Bertz CT molecular complexity index is 330. The highest BCUT2D eigenvalue weighted by Gasteiger charge is 2.13. The van der Waals surface area contributed by atoms with Crippen LogP contribution in [-0.2, 0) is 8.92 Å². The molecule has 110 valence electrons. The Kier molecular flexibility index (Phi) is 11.7. The molecule has 0 saturated heterocycles. The maximum atomic E-state index is 5.61. The van der Waals surface area contributed by atoms with Crippen molar-refractivity contribution in [2.24, 2.45) is 5.73 Å². The molecule has 0 saturated carbocycles. The van der Waals surface area contributed by atoms with Crippen LogP contribution in [0.25, 0.3) is 0 Å². The van der Waals surface area contributed by atoms with Gasteiger partial charge in [-0.25, -0.2) is 0 Å². The summed E-state index contributed by atoms with van der Waals surface area (Å²) < 4.78 is 12.1. The fourth-order valence-corrected chi connectivity index (χ4v) is 2.54. The molecule has 0 spiro atoms.